The summed E-state index contributed by atoms with van der Waals surface area (Å²) >= 11 is 0. The van der Waals surface area contributed by atoms with Crippen molar-refractivity contribution in [1.29, 1.82) is 0 Å². The Hall–Kier alpha value is -2.06. The maximum absolute atomic E-state index is 5.75. The minimum Gasteiger partial charge on any atom is -0.493 e. The smallest absolute Gasteiger partial charge is 0.122 e. The summed E-state index contributed by atoms with van der Waals surface area (Å²) in [5.74, 6) is 1.08. The zero-order valence-electron chi connectivity index (χ0n) is 13.2. The fourth-order valence-electron chi connectivity index (χ4n) is 2.79. The predicted octanol–water partition coefficient (Wildman–Crippen LogP) is 4.16. The summed E-state index contributed by atoms with van der Waals surface area (Å²) in [6, 6.07) is 17.1. The SMILES string of the molecule is CN(CC=Cc1ccccc1)Cc1ccc2c(c1)OCCC2. The van der Waals surface area contributed by atoms with Crippen LogP contribution >= 0.6 is 0 Å². The van der Waals surface area contributed by atoms with Crippen molar-refractivity contribution in [3.8, 4) is 5.75 Å². The molecule has 114 valence electrons. The summed E-state index contributed by atoms with van der Waals surface area (Å²) in [6.07, 6.45) is 6.67. The minimum absolute atomic E-state index is 0.853. The molecule has 2 nitrogen and oxygen atoms in total. The number of nitrogens with zero attached hydrogens (tertiary/aromatic N) is 1. The van der Waals surface area contributed by atoms with Gasteiger partial charge in [0.15, 0.2) is 0 Å². The van der Waals surface area contributed by atoms with E-state index in [1.807, 2.05) is 6.07 Å². The molecule has 1 aliphatic heterocycles. The third-order valence-corrected chi connectivity index (χ3v) is 3.96. The Bertz CT molecular complexity index is 633. The van der Waals surface area contributed by atoms with E-state index in [0.717, 1.165) is 38.3 Å². The van der Waals surface area contributed by atoms with Crippen molar-refractivity contribution in [2.24, 2.45) is 0 Å². The normalized spacial score (nSPS) is 14.1. The van der Waals surface area contributed by atoms with Crippen LogP contribution in [-0.4, -0.2) is 25.1 Å². The van der Waals surface area contributed by atoms with Gasteiger partial charge in [0.25, 0.3) is 0 Å². The van der Waals surface area contributed by atoms with E-state index in [0.29, 0.717) is 0 Å². The van der Waals surface area contributed by atoms with Gasteiger partial charge in [0.1, 0.15) is 5.75 Å². The second-order valence-corrected chi connectivity index (χ2v) is 5.90. The van der Waals surface area contributed by atoms with Crippen LogP contribution in [-0.2, 0) is 13.0 Å². The first-order valence-corrected chi connectivity index (χ1v) is 7.96. The molecule has 1 aliphatic rings. The average Bonchev–Trinajstić information content (AvgIpc) is 2.56. The molecule has 1 heterocycles. The molecule has 0 bridgehead atoms. The van der Waals surface area contributed by atoms with Gasteiger partial charge < -0.3 is 4.74 Å². The van der Waals surface area contributed by atoms with E-state index in [2.05, 4.69) is 66.6 Å². The first-order chi connectivity index (χ1) is 10.8. The fourth-order valence-corrected chi connectivity index (χ4v) is 2.79. The van der Waals surface area contributed by atoms with Gasteiger partial charge in [-0.05, 0) is 42.6 Å². The van der Waals surface area contributed by atoms with Crippen molar-refractivity contribution in [3.05, 3.63) is 71.3 Å². The molecule has 22 heavy (non-hydrogen) atoms. The molecule has 0 saturated heterocycles. The molecular formula is C20H23NO. The summed E-state index contributed by atoms with van der Waals surface area (Å²) in [5, 5.41) is 0. The number of ether oxygens (including phenoxy) is 1. The van der Waals surface area contributed by atoms with E-state index in [1.165, 1.54) is 16.7 Å². The van der Waals surface area contributed by atoms with E-state index in [4.69, 9.17) is 4.74 Å². The standard InChI is InChI=1S/C20H23NO/c1-21(13-5-9-17-7-3-2-4-8-17)16-18-11-12-19-10-6-14-22-20(19)15-18/h2-5,7-9,11-12,15H,6,10,13-14,16H2,1H3. The highest BCUT2D eigenvalue weighted by molar-refractivity contribution is 5.48. The van der Waals surface area contributed by atoms with Gasteiger partial charge in [-0.3, -0.25) is 4.90 Å². The molecule has 0 aromatic heterocycles. The lowest BCUT2D eigenvalue weighted by molar-refractivity contribution is 0.287. The zero-order valence-corrected chi connectivity index (χ0v) is 13.2. The molecule has 0 fully saturated rings. The van der Waals surface area contributed by atoms with Crippen LogP contribution in [0.2, 0.25) is 0 Å². The van der Waals surface area contributed by atoms with Crippen LogP contribution in [0.4, 0.5) is 0 Å². The molecule has 0 aliphatic carbocycles. The number of benzene rings is 2. The Morgan fingerprint density at radius 3 is 2.86 bits per heavy atom. The van der Waals surface area contributed by atoms with Crippen LogP contribution in [0, 0.1) is 0 Å². The Labute approximate surface area is 133 Å². The van der Waals surface area contributed by atoms with Crippen LogP contribution in [0.25, 0.3) is 6.08 Å². The highest BCUT2D eigenvalue weighted by Gasteiger charge is 2.10. The third kappa shape index (κ3) is 3.99. The summed E-state index contributed by atoms with van der Waals surface area (Å²) in [7, 11) is 2.15. The predicted molar refractivity (Wildman–Crippen MR) is 92.1 cm³/mol. The lowest BCUT2D eigenvalue weighted by atomic mass is 10.0. The van der Waals surface area contributed by atoms with Gasteiger partial charge in [-0.2, -0.15) is 0 Å². The molecule has 0 atom stereocenters. The Morgan fingerprint density at radius 2 is 2.00 bits per heavy atom. The molecule has 0 N–H and O–H groups in total. The van der Waals surface area contributed by atoms with Gasteiger partial charge in [0.2, 0.25) is 0 Å². The van der Waals surface area contributed by atoms with Gasteiger partial charge in [-0.1, -0.05) is 54.6 Å². The Kier molecular flexibility index (Phi) is 4.92. The maximum Gasteiger partial charge on any atom is 0.122 e. The number of hydrogen-bond donors (Lipinski definition) is 0. The highest BCUT2D eigenvalue weighted by atomic mass is 16.5. The van der Waals surface area contributed by atoms with E-state index in [1.54, 1.807) is 0 Å². The van der Waals surface area contributed by atoms with Crippen molar-refractivity contribution in [2.45, 2.75) is 19.4 Å². The number of aryl methyl sites for hydroxylation is 1. The monoisotopic (exact) mass is 293 g/mol. The van der Waals surface area contributed by atoms with Crippen molar-refractivity contribution >= 4 is 6.08 Å². The lowest BCUT2D eigenvalue weighted by Crippen LogP contribution is -2.18. The van der Waals surface area contributed by atoms with Crippen LogP contribution < -0.4 is 4.74 Å². The molecule has 2 aromatic carbocycles. The zero-order chi connectivity index (χ0) is 15.2. The van der Waals surface area contributed by atoms with Crippen LogP contribution in [0.5, 0.6) is 5.75 Å². The number of fused-ring (bicyclic) bond motifs is 1. The molecule has 0 saturated carbocycles. The van der Waals surface area contributed by atoms with Crippen LogP contribution in [0.3, 0.4) is 0 Å². The first kappa shape index (κ1) is 14.9. The van der Waals surface area contributed by atoms with Crippen LogP contribution in [0.1, 0.15) is 23.1 Å². The van der Waals surface area contributed by atoms with E-state index in [9.17, 15) is 0 Å². The number of hydrogen-bond acceptors (Lipinski definition) is 2. The molecular weight excluding hydrogens is 270 g/mol. The van der Waals surface area contributed by atoms with Crippen molar-refractivity contribution in [1.82, 2.24) is 4.90 Å². The molecule has 0 unspecified atom stereocenters. The minimum atomic E-state index is 0.853. The topological polar surface area (TPSA) is 12.5 Å². The quantitative estimate of drug-likeness (QED) is 0.821. The molecule has 2 heteroatoms. The van der Waals surface area contributed by atoms with Gasteiger partial charge in [-0.15, -0.1) is 0 Å². The first-order valence-electron chi connectivity index (χ1n) is 7.96. The maximum atomic E-state index is 5.75. The summed E-state index contributed by atoms with van der Waals surface area (Å²) in [4.78, 5) is 2.31. The van der Waals surface area contributed by atoms with E-state index >= 15 is 0 Å². The van der Waals surface area contributed by atoms with Gasteiger partial charge in [-0.25, -0.2) is 0 Å². The van der Waals surface area contributed by atoms with Crippen LogP contribution in [0.15, 0.2) is 54.6 Å². The second-order valence-electron chi connectivity index (χ2n) is 5.90. The Balaban J connectivity index is 1.55. The average molecular weight is 293 g/mol. The molecule has 0 radical (unpaired) electrons. The lowest BCUT2D eigenvalue weighted by Gasteiger charge is -2.20. The van der Waals surface area contributed by atoms with Crippen molar-refractivity contribution in [3.63, 3.8) is 0 Å². The fraction of sp³-hybridized carbons (Fsp3) is 0.300. The summed E-state index contributed by atoms with van der Waals surface area (Å²) < 4.78 is 5.75. The molecule has 0 amide bonds. The molecule has 2 aromatic rings. The van der Waals surface area contributed by atoms with Gasteiger partial charge >= 0.3 is 0 Å². The van der Waals surface area contributed by atoms with E-state index in [-0.39, 0.29) is 0 Å². The summed E-state index contributed by atoms with van der Waals surface area (Å²) in [5.41, 5.74) is 3.91. The highest BCUT2D eigenvalue weighted by Crippen LogP contribution is 2.26. The third-order valence-electron chi connectivity index (χ3n) is 3.96. The second kappa shape index (κ2) is 7.28. The Morgan fingerprint density at radius 1 is 1.14 bits per heavy atom. The number of likely N-dealkylation sites (N-methyl/N-ethyl adjacent to an activating group) is 1. The van der Waals surface area contributed by atoms with Crippen molar-refractivity contribution < 1.29 is 4.74 Å². The largest absolute Gasteiger partial charge is 0.493 e. The molecule has 0 spiro atoms. The summed E-state index contributed by atoms with van der Waals surface area (Å²) in [6.45, 7) is 2.73. The van der Waals surface area contributed by atoms with Crippen molar-refractivity contribution in [2.75, 3.05) is 20.2 Å². The van der Waals surface area contributed by atoms with Gasteiger partial charge in [0, 0.05) is 13.1 Å². The molecule has 3 rings (SSSR count). The van der Waals surface area contributed by atoms with E-state index < -0.39 is 0 Å². The number of rotatable bonds is 5. The van der Waals surface area contributed by atoms with Gasteiger partial charge in [0.05, 0.1) is 6.61 Å².